The number of hydrogen-bond donors (Lipinski definition) is 0. The Balaban J connectivity index is 2.84. The smallest absolute Gasteiger partial charge is 0.0758 e. The zero-order chi connectivity index (χ0) is 7.40. The van der Waals surface area contributed by atoms with Gasteiger partial charge in [-0.15, -0.1) is 0 Å². The topological polar surface area (TPSA) is 0 Å². The van der Waals surface area contributed by atoms with Crippen LogP contribution >= 0.6 is 28.1 Å². The van der Waals surface area contributed by atoms with Gasteiger partial charge in [0.15, 0.2) is 0 Å². The van der Waals surface area contributed by atoms with E-state index < -0.39 is 0 Å². The summed E-state index contributed by atoms with van der Waals surface area (Å²) in [5.74, 6) is 0. The Bertz CT molecular complexity index is 208. The van der Waals surface area contributed by atoms with E-state index in [9.17, 15) is 0 Å². The van der Waals surface area contributed by atoms with Crippen LogP contribution in [0.3, 0.4) is 0 Å². The molecule has 1 atom stereocenters. The summed E-state index contributed by atoms with van der Waals surface area (Å²) in [6.45, 7) is 0. The lowest BCUT2D eigenvalue weighted by Gasteiger charge is -1.99. The van der Waals surface area contributed by atoms with Gasteiger partial charge in [0.1, 0.15) is 0 Å². The quantitative estimate of drug-likeness (QED) is 0.538. The summed E-state index contributed by atoms with van der Waals surface area (Å²) in [6.07, 6.45) is 0. The van der Waals surface area contributed by atoms with Crippen molar-refractivity contribution in [1.29, 1.82) is 0 Å². The predicted octanol–water partition coefficient (Wildman–Crippen LogP) is 3.00. The number of alkyl halides is 1. The third-order valence-electron chi connectivity index (χ3n) is 1.20. The molecule has 1 radical (unpaired) electrons. The van der Waals surface area contributed by atoms with Gasteiger partial charge in [-0.05, 0) is 5.56 Å². The second-order valence-electron chi connectivity index (χ2n) is 1.89. The molecule has 0 amide bonds. The first kappa shape index (κ1) is 7.89. The molecule has 0 aliphatic heterocycles. The Labute approximate surface area is 74.4 Å². The van der Waals surface area contributed by atoms with E-state index in [4.69, 9.17) is 0 Å². The summed E-state index contributed by atoms with van der Waals surface area (Å²) >= 11 is 8.03. The minimum absolute atomic E-state index is 0.0868. The summed E-state index contributed by atoms with van der Waals surface area (Å²) < 4.78 is 0. The predicted molar refractivity (Wildman–Crippen MR) is 50.7 cm³/mol. The fourth-order valence-electron chi connectivity index (χ4n) is 0.690. The van der Waals surface area contributed by atoms with Crippen molar-refractivity contribution < 1.29 is 0 Å². The molecule has 0 spiro atoms. The SMILES string of the molecule is S=[C][C@@H](Br)c1ccccc1. The molecule has 0 aliphatic rings. The van der Waals surface area contributed by atoms with Gasteiger partial charge in [0.05, 0.1) is 4.83 Å². The molecule has 1 aromatic rings. The highest BCUT2D eigenvalue weighted by Gasteiger charge is 2.00. The second-order valence-corrected chi connectivity index (χ2v) is 3.04. The number of halogens is 1. The van der Waals surface area contributed by atoms with Gasteiger partial charge in [-0.1, -0.05) is 58.5 Å². The summed E-state index contributed by atoms with van der Waals surface area (Å²) in [5, 5.41) is 2.68. The molecule has 0 bridgehead atoms. The van der Waals surface area contributed by atoms with Crippen molar-refractivity contribution in [1.82, 2.24) is 0 Å². The highest BCUT2D eigenvalue weighted by molar-refractivity contribution is 9.09. The van der Waals surface area contributed by atoms with E-state index in [0.29, 0.717) is 0 Å². The molecule has 0 heterocycles. The lowest BCUT2D eigenvalue weighted by Crippen LogP contribution is -1.86. The summed E-state index contributed by atoms with van der Waals surface area (Å²) in [4.78, 5) is 0.0868. The van der Waals surface area contributed by atoms with Crippen molar-refractivity contribution in [3.63, 3.8) is 0 Å². The van der Waals surface area contributed by atoms with Gasteiger partial charge in [-0.2, -0.15) is 0 Å². The Kier molecular flexibility index (Phi) is 3.03. The van der Waals surface area contributed by atoms with E-state index in [-0.39, 0.29) is 4.83 Å². The van der Waals surface area contributed by atoms with Gasteiger partial charge in [0.2, 0.25) is 0 Å². The highest BCUT2D eigenvalue weighted by atomic mass is 79.9. The van der Waals surface area contributed by atoms with Crippen LogP contribution in [0.5, 0.6) is 0 Å². The molecule has 0 aliphatic carbocycles. The summed E-state index contributed by atoms with van der Waals surface area (Å²) in [5.41, 5.74) is 1.15. The normalized spacial score (nSPS) is 12.5. The molecule has 1 aromatic carbocycles. The van der Waals surface area contributed by atoms with Crippen molar-refractivity contribution >= 4 is 33.5 Å². The molecule has 2 heteroatoms. The number of rotatable bonds is 2. The molecule has 0 unspecified atom stereocenters. The standard InChI is InChI=1S/C8H6BrS/c9-8(6-10)7-4-2-1-3-5-7/h1-5,8H/t8-/m1/s1. The van der Waals surface area contributed by atoms with Gasteiger partial charge >= 0.3 is 0 Å². The van der Waals surface area contributed by atoms with Crippen LogP contribution in [-0.2, 0) is 0 Å². The van der Waals surface area contributed by atoms with Gasteiger partial charge in [0, 0.05) is 5.37 Å². The van der Waals surface area contributed by atoms with E-state index in [1.807, 2.05) is 30.3 Å². The molecule has 51 valence electrons. The Morgan fingerprint density at radius 2 is 1.90 bits per heavy atom. The molecule has 0 aromatic heterocycles. The van der Waals surface area contributed by atoms with E-state index in [2.05, 4.69) is 33.5 Å². The molecule has 0 saturated carbocycles. The lowest BCUT2D eigenvalue weighted by atomic mass is 10.2. The van der Waals surface area contributed by atoms with E-state index in [1.165, 1.54) is 0 Å². The first-order valence-electron chi connectivity index (χ1n) is 2.91. The fraction of sp³-hybridized carbons (Fsp3) is 0.125. The summed E-state index contributed by atoms with van der Waals surface area (Å²) in [6, 6.07) is 9.97. The Morgan fingerprint density at radius 1 is 1.30 bits per heavy atom. The van der Waals surface area contributed by atoms with Crippen molar-refractivity contribution in [2.24, 2.45) is 0 Å². The van der Waals surface area contributed by atoms with Gasteiger partial charge < -0.3 is 0 Å². The maximum Gasteiger partial charge on any atom is 0.0758 e. The average molecular weight is 214 g/mol. The van der Waals surface area contributed by atoms with Crippen LogP contribution in [-0.4, -0.2) is 5.37 Å². The van der Waals surface area contributed by atoms with Crippen LogP contribution in [0.4, 0.5) is 0 Å². The largest absolute Gasteiger partial charge is 0.0820 e. The monoisotopic (exact) mass is 213 g/mol. The maximum atomic E-state index is 4.66. The van der Waals surface area contributed by atoms with E-state index in [0.717, 1.165) is 5.56 Å². The van der Waals surface area contributed by atoms with Crippen LogP contribution in [0.1, 0.15) is 10.4 Å². The Morgan fingerprint density at radius 3 is 2.40 bits per heavy atom. The van der Waals surface area contributed by atoms with Gasteiger partial charge in [0.25, 0.3) is 0 Å². The third-order valence-corrected chi connectivity index (χ3v) is 2.49. The van der Waals surface area contributed by atoms with E-state index >= 15 is 0 Å². The minimum Gasteiger partial charge on any atom is -0.0820 e. The molecular weight excluding hydrogens is 208 g/mol. The van der Waals surface area contributed by atoms with Crippen molar-refractivity contribution in [2.45, 2.75) is 4.83 Å². The van der Waals surface area contributed by atoms with Crippen LogP contribution in [0.2, 0.25) is 0 Å². The average Bonchev–Trinajstić information content (AvgIpc) is 2.05. The van der Waals surface area contributed by atoms with Crippen LogP contribution in [0.25, 0.3) is 0 Å². The second kappa shape index (κ2) is 3.84. The van der Waals surface area contributed by atoms with Gasteiger partial charge in [-0.3, -0.25) is 0 Å². The summed E-state index contributed by atoms with van der Waals surface area (Å²) in [7, 11) is 0. The zero-order valence-electron chi connectivity index (χ0n) is 5.25. The van der Waals surface area contributed by atoms with Crippen molar-refractivity contribution in [2.75, 3.05) is 0 Å². The third kappa shape index (κ3) is 1.89. The lowest BCUT2D eigenvalue weighted by molar-refractivity contribution is 1.37. The van der Waals surface area contributed by atoms with Gasteiger partial charge in [-0.25, -0.2) is 0 Å². The molecular formula is C8H6BrS. The molecule has 0 fully saturated rings. The fourth-order valence-corrected chi connectivity index (χ4v) is 1.13. The number of thiocarbonyl (C=S) groups is 1. The van der Waals surface area contributed by atoms with Crippen LogP contribution in [0, 0.1) is 0 Å². The van der Waals surface area contributed by atoms with Crippen LogP contribution < -0.4 is 0 Å². The molecule has 1 rings (SSSR count). The minimum atomic E-state index is 0.0868. The first-order chi connectivity index (χ1) is 4.84. The number of benzene rings is 1. The number of hydrogen-bond acceptors (Lipinski definition) is 1. The molecule has 0 nitrogen and oxygen atoms in total. The first-order valence-corrected chi connectivity index (χ1v) is 4.23. The maximum absolute atomic E-state index is 4.66. The van der Waals surface area contributed by atoms with Crippen molar-refractivity contribution in [3.05, 3.63) is 35.9 Å². The molecule has 10 heavy (non-hydrogen) atoms. The Hall–Kier alpha value is -0.210. The van der Waals surface area contributed by atoms with Crippen LogP contribution in [0.15, 0.2) is 30.3 Å². The molecule has 0 N–H and O–H groups in total. The molecule has 0 saturated heterocycles. The zero-order valence-corrected chi connectivity index (χ0v) is 7.65. The van der Waals surface area contributed by atoms with E-state index in [1.54, 1.807) is 0 Å². The van der Waals surface area contributed by atoms with Crippen molar-refractivity contribution in [3.8, 4) is 0 Å². The highest BCUT2D eigenvalue weighted by Crippen LogP contribution is 2.19.